The van der Waals surface area contributed by atoms with Crippen LogP contribution in [0.25, 0.3) is 0 Å². The van der Waals surface area contributed by atoms with Gasteiger partial charge in [-0.3, -0.25) is 4.79 Å². The molecule has 0 aliphatic carbocycles. The maximum absolute atomic E-state index is 12.8. The Morgan fingerprint density at radius 3 is 2.31 bits per heavy atom. The minimum atomic E-state index is -1.97. The summed E-state index contributed by atoms with van der Waals surface area (Å²) >= 11 is 0. The summed E-state index contributed by atoms with van der Waals surface area (Å²) in [5, 5.41) is 5.43. The van der Waals surface area contributed by atoms with Gasteiger partial charge in [-0.25, -0.2) is 9.59 Å². The van der Waals surface area contributed by atoms with Crippen molar-refractivity contribution in [2.45, 2.75) is 71.3 Å². The van der Waals surface area contributed by atoms with E-state index in [-0.39, 0.29) is 37.0 Å². The number of aryl methyl sites for hydroxylation is 1. The highest BCUT2D eigenvalue weighted by atomic mass is 28.4. The number of hydrogen-bond donors (Lipinski definition) is 2. The van der Waals surface area contributed by atoms with Crippen molar-refractivity contribution in [1.29, 1.82) is 0 Å². The van der Waals surface area contributed by atoms with Gasteiger partial charge in [0.15, 0.2) is 8.32 Å². The molecule has 0 saturated carbocycles. The van der Waals surface area contributed by atoms with Crippen LogP contribution in [0.4, 0.5) is 10.5 Å². The molecule has 1 rings (SSSR count). The van der Waals surface area contributed by atoms with Crippen LogP contribution in [0.2, 0.25) is 18.1 Å². The van der Waals surface area contributed by atoms with Crippen LogP contribution in [0.5, 0.6) is 0 Å². The van der Waals surface area contributed by atoms with Crippen LogP contribution in [-0.4, -0.2) is 45.5 Å². The number of esters is 1. The van der Waals surface area contributed by atoms with E-state index in [1.54, 1.807) is 0 Å². The minimum absolute atomic E-state index is 0.00612. The van der Waals surface area contributed by atoms with E-state index >= 15 is 0 Å². The van der Waals surface area contributed by atoms with Crippen LogP contribution in [-0.2, 0) is 30.1 Å². The van der Waals surface area contributed by atoms with E-state index in [1.807, 2.05) is 25.1 Å². The van der Waals surface area contributed by atoms with Crippen molar-refractivity contribution in [3.63, 3.8) is 0 Å². The fraction of sp³-hybridized carbons (Fsp3) is 0.500. The minimum Gasteiger partial charge on any atom is -0.460 e. The normalized spacial score (nSPS) is 12.3. The van der Waals surface area contributed by atoms with Gasteiger partial charge >= 0.3 is 12.1 Å². The molecule has 0 unspecified atom stereocenters. The molecule has 0 aliphatic rings. The summed E-state index contributed by atoms with van der Waals surface area (Å²) in [6.07, 6.45) is 2.04. The molecule has 1 aromatic carbocycles. The smallest absolute Gasteiger partial charge is 0.408 e. The van der Waals surface area contributed by atoms with Crippen LogP contribution in [0.3, 0.4) is 0 Å². The molecular formula is C26H40N2O6Si. The molecule has 0 radical (unpaired) electrons. The molecular weight excluding hydrogens is 464 g/mol. The summed E-state index contributed by atoms with van der Waals surface area (Å²) in [6, 6.07) is 4.77. The van der Waals surface area contributed by atoms with Gasteiger partial charge in [0.2, 0.25) is 5.91 Å². The number of nitrogens with one attached hydrogen (secondary N) is 2. The van der Waals surface area contributed by atoms with Gasteiger partial charge in [0.05, 0.1) is 6.61 Å². The van der Waals surface area contributed by atoms with Crippen molar-refractivity contribution in [3.8, 4) is 0 Å². The van der Waals surface area contributed by atoms with E-state index < -0.39 is 26.4 Å². The summed E-state index contributed by atoms with van der Waals surface area (Å²) in [5.41, 5.74) is 2.54. The summed E-state index contributed by atoms with van der Waals surface area (Å²) in [4.78, 5) is 37.0. The molecule has 0 aromatic heterocycles. The second-order valence-corrected chi connectivity index (χ2v) is 14.6. The Morgan fingerprint density at radius 2 is 1.71 bits per heavy atom. The summed E-state index contributed by atoms with van der Waals surface area (Å²) in [5.74, 6) is -0.973. The topological polar surface area (TPSA) is 103 Å². The molecule has 0 aliphatic heterocycles. The Labute approximate surface area is 210 Å². The number of alkyl carbamates (subject to hydrolysis) is 1. The Morgan fingerprint density at radius 1 is 1.09 bits per heavy atom. The zero-order chi connectivity index (χ0) is 26.6. The average Bonchev–Trinajstić information content (AvgIpc) is 2.77. The maximum atomic E-state index is 12.8. The van der Waals surface area contributed by atoms with Crippen molar-refractivity contribution in [2.75, 3.05) is 18.5 Å². The third kappa shape index (κ3) is 10.5. The number of amides is 2. The van der Waals surface area contributed by atoms with Crippen LogP contribution in [0.1, 0.15) is 44.7 Å². The molecule has 0 heterocycles. The number of hydrogen-bond acceptors (Lipinski definition) is 6. The van der Waals surface area contributed by atoms with Crippen LogP contribution < -0.4 is 10.6 Å². The molecule has 2 amide bonds. The van der Waals surface area contributed by atoms with E-state index in [1.165, 1.54) is 12.2 Å². The van der Waals surface area contributed by atoms with E-state index in [2.05, 4.69) is 57.7 Å². The Bertz CT molecular complexity index is 908. The lowest BCUT2D eigenvalue weighted by molar-refractivity contribution is -0.145. The summed E-state index contributed by atoms with van der Waals surface area (Å²) < 4.78 is 16.3. The number of ether oxygens (including phenoxy) is 2. The number of anilines is 1. The van der Waals surface area contributed by atoms with Crippen LogP contribution in [0, 0.1) is 6.92 Å². The zero-order valence-electron chi connectivity index (χ0n) is 21.9. The highest BCUT2D eigenvalue weighted by Crippen LogP contribution is 2.37. The fourth-order valence-corrected chi connectivity index (χ4v) is 3.65. The van der Waals surface area contributed by atoms with Crippen LogP contribution in [0.15, 0.2) is 43.5 Å². The Hall–Kier alpha value is -2.91. The highest BCUT2D eigenvalue weighted by molar-refractivity contribution is 6.74. The van der Waals surface area contributed by atoms with Crippen LogP contribution >= 0.6 is 0 Å². The van der Waals surface area contributed by atoms with Gasteiger partial charge in [-0.05, 0) is 48.7 Å². The molecule has 35 heavy (non-hydrogen) atoms. The second kappa shape index (κ2) is 13.8. The van der Waals surface area contributed by atoms with E-state index in [9.17, 15) is 14.4 Å². The van der Waals surface area contributed by atoms with Gasteiger partial charge < -0.3 is 24.5 Å². The number of carbonyl (C=O) groups is 3. The second-order valence-electron chi connectivity index (χ2n) is 9.80. The first-order valence-electron chi connectivity index (χ1n) is 11.7. The van der Waals surface area contributed by atoms with Crippen molar-refractivity contribution in [1.82, 2.24) is 5.32 Å². The van der Waals surface area contributed by atoms with Crippen molar-refractivity contribution < 1.29 is 28.3 Å². The molecule has 2 N–H and O–H groups in total. The standard InChI is InChI=1S/C26H40N2O6Si/c1-9-15-32-24(30)21(28-25(31)33-16-10-2)13-14-23(29)27-22-17-19(3)11-12-20(22)18-34-35(7,8)26(4,5)6/h9-12,17,21H,1-2,13-16,18H2,3-8H3,(H,27,29)(H,28,31)/t21-/m0/s1. The predicted molar refractivity (Wildman–Crippen MR) is 141 cm³/mol. The first-order chi connectivity index (χ1) is 16.3. The maximum Gasteiger partial charge on any atom is 0.408 e. The number of benzene rings is 1. The Balaban J connectivity index is 2.87. The molecule has 9 heteroatoms. The first-order valence-corrected chi connectivity index (χ1v) is 14.6. The Kier molecular flexibility index (Phi) is 11.9. The van der Waals surface area contributed by atoms with Gasteiger partial charge in [0, 0.05) is 12.1 Å². The van der Waals surface area contributed by atoms with Gasteiger partial charge in [-0.15, -0.1) is 0 Å². The lowest BCUT2D eigenvalue weighted by Crippen LogP contribution is -2.42. The van der Waals surface area contributed by atoms with Gasteiger partial charge in [0.1, 0.15) is 19.3 Å². The molecule has 8 nitrogen and oxygen atoms in total. The average molecular weight is 505 g/mol. The lowest BCUT2D eigenvalue weighted by atomic mass is 10.1. The largest absolute Gasteiger partial charge is 0.460 e. The van der Waals surface area contributed by atoms with E-state index in [0.29, 0.717) is 12.3 Å². The molecule has 1 atom stereocenters. The first kappa shape index (κ1) is 30.1. The molecule has 1 aromatic rings. The molecule has 0 bridgehead atoms. The SMILES string of the molecule is C=CCOC(=O)N[C@@H](CCC(=O)Nc1cc(C)ccc1CO[Si](C)(C)C(C)(C)C)C(=O)OCC=C. The number of rotatable bonds is 13. The summed E-state index contributed by atoms with van der Waals surface area (Å²) in [6.45, 7) is 20.2. The number of carbonyl (C=O) groups excluding carboxylic acids is 3. The van der Waals surface area contributed by atoms with Gasteiger partial charge in [-0.2, -0.15) is 0 Å². The quantitative estimate of drug-likeness (QED) is 0.216. The van der Waals surface area contributed by atoms with Crippen molar-refractivity contribution in [3.05, 3.63) is 54.6 Å². The third-order valence-electron chi connectivity index (χ3n) is 5.85. The van der Waals surface area contributed by atoms with Gasteiger partial charge in [-0.1, -0.05) is 58.2 Å². The van der Waals surface area contributed by atoms with Crippen molar-refractivity contribution >= 4 is 32.0 Å². The molecule has 0 saturated heterocycles. The van der Waals surface area contributed by atoms with Gasteiger partial charge in [0.25, 0.3) is 0 Å². The third-order valence-corrected chi connectivity index (χ3v) is 10.3. The fourth-order valence-electron chi connectivity index (χ4n) is 2.70. The van der Waals surface area contributed by atoms with Crippen molar-refractivity contribution in [2.24, 2.45) is 0 Å². The predicted octanol–water partition coefficient (Wildman–Crippen LogP) is 5.25. The molecule has 194 valence electrons. The summed E-state index contributed by atoms with van der Waals surface area (Å²) in [7, 11) is -1.97. The molecule has 0 spiro atoms. The molecule has 0 fully saturated rings. The highest BCUT2D eigenvalue weighted by Gasteiger charge is 2.37. The lowest BCUT2D eigenvalue weighted by Gasteiger charge is -2.36. The zero-order valence-corrected chi connectivity index (χ0v) is 22.9. The monoisotopic (exact) mass is 504 g/mol. The van der Waals surface area contributed by atoms with E-state index in [0.717, 1.165) is 11.1 Å². The van der Waals surface area contributed by atoms with E-state index in [4.69, 9.17) is 13.9 Å².